The van der Waals surface area contributed by atoms with E-state index in [1.807, 2.05) is 34.6 Å². The molecule has 0 aromatic rings. The van der Waals surface area contributed by atoms with Gasteiger partial charge in [-0.25, -0.2) is 4.79 Å². The Kier molecular flexibility index (Phi) is 11.1. The molecule has 1 N–H and O–H groups in total. The van der Waals surface area contributed by atoms with Gasteiger partial charge in [-0.2, -0.15) is 0 Å². The smallest absolute Gasteiger partial charge is 0.333 e. The van der Waals surface area contributed by atoms with E-state index in [9.17, 15) is 14.4 Å². The van der Waals surface area contributed by atoms with Crippen molar-refractivity contribution in [2.75, 3.05) is 20.2 Å². The van der Waals surface area contributed by atoms with Gasteiger partial charge in [0.15, 0.2) is 0 Å². The largest absolute Gasteiger partial charge is 0.463 e. The Balaban J connectivity index is 3.15. The van der Waals surface area contributed by atoms with Crippen LogP contribution in [-0.2, 0) is 19.1 Å². The van der Waals surface area contributed by atoms with Crippen LogP contribution in [0.3, 0.4) is 0 Å². The first-order chi connectivity index (χ1) is 15.2. The van der Waals surface area contributed by atoms with E-state index in [1.165, 1.54) is 0 Å². The van der Waals surface area contributed by atoms with Gasteiger partial charge in [-0.15, -0.1) is 0 Å². The third kappa shape index (κ3) is 8.13. The van der Waals surface area contributed by atoms with Gasteiger partial charge in [0.05, 0.1) is 18.7 Å². The number of hydrogen-bond acceptors (Lipinski definition) is 5. The molecule has 0 radical (unpaired) electrons. The lowest BCUT2D eigenvalue weighted by molar-refractivity contribution is -0.142. The summed E-state index contributed by atoms with van der Waals surface area (Å²) in [6, 6.07) is -0.920. The van der Waals surface area contributed by atoms with Crippen molar-refractivity contribution >= 4 is 17.8 Å². The Bertz CT molecular complexity index is 709. The van der Waals surface area contributed by atoms with Crippen LogP contribution in [0.5, 0.6) is 0 Å². The van der Waals surface area contributed by atoms with Gasteiger partial charge < -0.3 is 15.0 Å². The molecule has 3 atom stereocenters. The molecule has 1 heterocycles. The second kappa shape index (κ2) is 12.5. The molecule has 0 aromatic heterocycles. The topological polar surface area (TPSA) is 79.0 Å². The fourth-order valence-corrected chi connectivity index (χ4v) is 4.41. The minimum atomic E-state index is -0.677. The number of likely N-dealkylation sites (N-methyl/N-ethyl adjacent to an activating group) is 1. The maximum Gasteiger partial charge on any atom is 0.333 e. The number of piperidine rings is 1. The van der Waals surface area contributed by atoms with E-state index in [0.717, 1.165) is 25.8 Å². The van der Waals surface area contributed by atoms with Gasteiger partial charge in [0.25, 0.3) is 0 Å². The van der Waals surface area contributed by atoms with Crippen molar-refractivity contribution in [3.05, 3.63) is 11.6 Å². The summed E-state index contributed by atoms with van der Waals surface area (Å²) >= 11 is 0. The number of ether oxygens (including phenoxy) is 1. The standard InChI is InChI=1S/C26H47N3O4/c1-11-33-25(32)19(6)16-21(17(2)3)28(10)24(31)22(26(7,8)9)27-23(30)20-14-12-13-15-29(20)18(4)5/h16-18,20-22H,11-15H2,1-10H3,(H,27,30)/b19-16+/t20?,21-,22?/m0/s1. The Morgan fingerprint density at radius 1 is 1.15 bits per heavy atom. The van der Waals surface area contributed by atoms with Crippen LogP contribution in [0.1, 0.15) is 81.6 Å². The Hall–Kier alpha value is -1.89. The van der Waals surface area contributed by atoms with Crippen molar-refractivity contribution in [2.24, 2.45) is 11.3 Å². The molecule has 7 nitrogen and oxygen atoms in total. The van der Waals surface area contributed by atoms with E-state index in [1.54, 1.807) is 31.9 Å². The van der Waals surface area contributed by atoms with Crippen molar-refractivity contribution in [1.82, 2.24) is 15.1 Å². The quantitative estimate of drug-likeness (QED) is 0.414. The highest BCUT2D eigenvalue weighted by atomic mass is 16.5. The van der Waals surface area contributed by atoms with Crippen LogP contribution >= 0.6 is 0 Å². The van der Waals surface area contributed by atoms with Gasteiger partial charge in [-0.1, -0.05) is 47.1 Å². The second-order valence-electron chi connectivity index (χ2n) is 10.9. The number of esters is 1. The Morgan fingerprint density at radius 3 is 2.24 bits per heavy atom. The van der Waals surface area contributed by atoms with E-state index >= 15 is 0 Å². The van der Waals surface area contributed by atoms with Crippen molar-refractivity contribution in [2.45, 2.75) is 106 Å². The van der Waals surface area contributed by atoms with Crippen LogP contribution in [-0.4, -0.2) is 72.0 Å². The van der Waals surface area contributed by atoms with Gasteiger partial charge in [-0.3, -0.25) is 14.5 Å². The minimum Gasteiger partial charge on any atom is -0.463 e. The number of carbonyl (C=O) groups excluding carboxylic acids is 3. The summed E-state index contributed by atoms with van der Waals surface area (Å²) in [6.45, 7) is 18.8. The molecule has 1 saturated heterocycles. The highest BCUT2D eigenvalue weighted by molar-refractivity contribution is 5.91. The second-order valence-corrected chi connectivity index (χ2v) is 10.9. The summed E-state index contributed by atoms with van der Waals surface area (Å²) < 4.78 is 5.10. The van der Waals surface area contributed by atoms with Crippen LogP contribution in [0.25, 0.3) is 0 Å². The van der Waals surface area contributed by atoms with Gasteiger partial charge >= 0.3 is 5.97 Å². The summed E-state index contributed by atoms with van der Waals surface area (Å²) in [6.07, 6.45) is 4.71. The van der Waals surface area contributed by atoms with Crippen LogP contribution in [0.2, 0.25) is 0 Å². The summed E-state index contributed by atoms with van der Waals surface area (Å²) in [5.41, 5.74) is 0.000989. The lowest BCUT2D eigenvalue weighted by Gasteiger charge is -2.41. The van der Waals surface area contributed by atoms with Gasteiger partial charge in [0, 0.05) is 18.7 Å². The number of likely N-dealkylation sites (tertiary alicyclic amines) is 1. The Morgan fingerprint density at radius 2 is 1.76 bits per heavy atom. The van der Waals surface area contributed by atoms with Gasteiger partial charge in [-0.05, 0) is 58.4 Å². The van der Waals surface area contributed by atoms with Crippen molar-refractivity contribution in [3.63, 3.8) is 0 Å². The fourth-order valence-electron chi connectivity index (χ4n) is 4.41. The number of amides is 2. The van der Waals surface area contributed by atoms with E-state index in [2.05, 4.69) is 24.1 Å². The summed E-state index contributed by atoms with van der Waals surface area (Å²) in [5, 5.41) is 3.10. The molecule has 1 aliphatic heterocycles. The molecule has 190 valence electrons. The molecule has 33 heavy (non-hydrogen) atoms. The molecule has 0 spiro atoms. The number of rotatable bonds is 9. The highest BCUT2D eigenvalue weighted by Crippen LogP contribution is 2.26. The van der Waals surface area contributed by atoms with E-state index in [4.69, 9.17) is 4.74 Å². The number of nitrogens with zero attached hydrogens (tertiary/aromatic N) is 2. The van der Waals surface area contributed by atoms with E-state index < -0.39 is 11.5 Å². The molecule has 0 aromatic carbocycles. The monoisotopic (exact) mass is 465 g/mol. The van der Waals surface area contributed by atoms with E-state index in [0.29, 0.717) is 12.2 Å². The zero-order chi connectivity index (χ0) is 25.5. The molecule has 1 fully saturated rings. The molecular weight excluding hydrogens is 418 g/mol. The molecule has 2 amide bonds. The minimum absolute atomic E-state index is 0.0782. The third-order valence-electron chi connectivity index (χ3n) is 6.41. The average Bonchev–Trinajstić information content (AvgIpc) is 2.73. The number of carbonyl (C=O) groups is 3. The average molecular weight is 466 g/mol. The number of nitrogens with one attached hydrogen (secondary N) is 1. The molecule has 0 saturated carbocycles. The zero-order valence-corrected chi connectivity index (χ0v) is 22.5. The molecular formula is C26H47N3O4. The van der Waals surface area contributed by atoms with Crippen LogP contribution in [0.15, 0.2) is 11.6 Å². The lowest BCUT2D eigenvalue weighted by atomic mass is 9.84. The molecule has 1 aliphatic rings. The summed E-state index contributed by atoms with van der Waals surface area (Å²) in [4.78, 5) is 43.1. The predicted molar refractivity (Wildman–Crippen MR) is 133 cm³/mol. The van der Waals surface area contributed by atoms with Gasteiger partial charge in [0.2, 0.25) is 11.8 Å². The first-order valence-corrected chi connectivity index (χ1v) is 12.4. The molecule has 0 bridgehead atoms. The summed E-state index contributed by atoms with van der Waals surface area (Å²) in [7, 11) is 1.74. The van der Waals surface area contributed by atoms with Crippen molar-refractivity contribution in [1.29, 1.82) is 0 Å². The molecule has 0 aliphatic carbocycles. The van der Waals surface area contributed by atoms with Crippen LogP contribution < -0.4 is 5.32 Å². The molecule has 7 heteroatoms. The predicted octanol–water partition coefficient (Wildman–Crippen LogP) is 3.77. The molecule has 2 unspecified atom stereocenters. The maximum atomic E-state index is 13.7. The van der Waals surface area contributed by atoms with Crippen LogP contribution in [0.4, 0.5) is 0 Å². The fraction of sp³-hybridized carbons (Fsp3) is 0.808. The Labute approximate surface area is 201 Å². The number of hydrogen-bond donors (Lipinski definition) is 1. The van der Waals surface area contributed by atoms with Crippen molar-refractivity contribution < 1.29 is 19.1 Å². The maximum absolute atomic E-state index is 13.7. The van der Waals surface area contributed by atoms with Crippen molar-refractivity contribution in [3.8, 4) is 0 Å². The highest BCUT2D eigenvalue weighted by Gasteiger charge is 2.39. The first kappa shape index (κ1) is 29.1. The summed E-state index contributed by atoms with van der Waals surface area (Å²) in [5.74, 6) is -0.538. The first-order valence-electron chi connectivity index (χ1n) is 12.4. The van der Waals surface area contributed by atoms with Gasteiger partial charge in [0.1, 0.15) is 6.04 Å². The zero-order valence-electron chi connectivity index (χ0n) is 22.5. The third-order valence-corrected chi connectivity index (χ3v) is 6.41. The lowest BCUT2D eigenvalue weighted by Crippen LogP contribution is -2.60. The SMILES string of the molecule is CCOC(=O)/C(C)=C/[C@@H](C(C)C)N(C)C(=O)C(NC(=O)C1CCCCN1C(C)C)C(C)(C)C. The van der Waals surface area contributed by atoms with E-state index in [-0.39, 0.29) is 41.8 Å². The normalized spacial score (nSPS) is 19.9. The molecule has 1 rings (SSSR count). The van der Waals surface area contributed by atoms with Crippen LogP contribution in [0, 0.1) is 11.3 Å².